The van der Waals surface area contributed by atoms with E-state index in [1.165, 1.54) is 186 Å². The zero-order valence-electron chi connectivity index (χ0n) is 54.5. The number of hydrogen-bond donors (Lipinski definition) is 0. The van der Waals surface area contributed by atoms with Crippen LogP contribution in [0.25, 0.3) is 0 Å². The Labute approximate surface area is 509 Å². The first kappa shape index (κ1) is 78.6. The molecule has 0 amide bonds. The van der Waals surface area contributed by atoms with E-state index in [9.17, 15) is 14.4 Å². The SMILES string of the molecule is CC/C=C\C/C=C\C/C=C\C/C=C\CCCCCCCCC(=O)OC(COC(=O)CCCCCCC/C=C\C/C=C\C/C=C\CC)COC(=O)CCCCCCCCCCCCCCCCCCCCCCCCCCCCCCCC. The van der Waals surface area contributed by atoms with Crippen LogP contribution in [-0.4, -0.2) is 37.2 Å². The first-order valence-electron chi connectivity index (χ1n) is 35.6. The van der Waals surface area contributed by atoms with Crippen LogP contribution in [0.1, 0.15) is 361 Å². The van der Waals surface area contributed by atoms with Crippen LogP contribution in [0, 0.1) is 0 Å². The normalized spacial score (nSPS) is 12.6. The summed E-state index contributed by atoms with van der Waals surface area (Å²) in [6, 6.07) is 0. The lowest BCUT2D eigenvalue weighted by Gasteiger charge is -2.18. The molecule has 0 aliphatic carbocycles. The van der Waals surface area contributed by atoms with Gasteiger partial charge in [0.25, 0.3) is 0 Å². The Kier molecular flexibility index (Phi) is 67.2. The molecule has 1 unspecified atom stereocenters. The number of carbonyl (C=O) groups is 3. The van der Waals surface area contributed by atoms with Crippen LogP contribution >= 0.6 is 0 Å². The molecule has 0 heterocycles. The van der Waals surface area contributed by atoms with Gasteiger partial charge in [0.1, 0.15) is 13.2 Å². The number of esters is 3. The fourth-order valence-electron chi connectivity index (χ4n) is 10.4. The van der Waals surface area contributed by atoms with Crippen LogP contribution in [0.2, 0.25) is 0 Å². The minimum Gasteiger partial charge on any atom is -0.462 e. The Hall–Kier alpha value is -3.41. The molecular weight excluding hydrogens is 1010 g/mol. The van der Waals surface area contributed by atoms with Crippen molar-refractivity contribution in [3.63, 3.8) is 0 Å². The molecular formula is C76H134O6. The first-order valence-corrected chi connectivity index (χ1v) is 35.6. The van der Waals surface area contributed by atoms with Gasteiger partial charge in [-0.05, 0) is 89.9 Å². The standard InChI is InChI=1S/C76H134O6/c1-4-7-10-13-16-19-22-25-28-30-32-33-34-35-36-37-38-39-40-41-42-44-45-48-51-54-57-60-63-66-69-75(78)81-72-73(71-80-74(77)68-65-62-59-56-53-50-47-27-24-21-18-15-12-9-6-3)82-76(79)70-67-64-61-58-55-52-49-46-43-31-29-26-23-20-17-14-11-8-5-2/h8-9,11-12,17-18,20-21,26-27,29,43,46-47,73H,4-7,10,13-16,19,22-25,28,30-42,44-45,48-72H2,1-3H3/b11-8-,12-9-,20-17-,21-18-,29-26-,46-43-,47-27-. The minimum absolute atomic E-state index is 0.0856. The van der Waals surface area contributed by atoms with E-state index in [2.05, 4.69) is 106 Å². The molecule has 1 atom stereocenters. The van der Waals surface area contributed by atoms with Gasteiger partial charge in [0.2, 0.25) is 0 Å². The number of allylic oxidation sites excluding steroid dienone is 14. The average molecular weight is 1140 g/mol. The molecule has 0 spiro atoms. The Morgan fingerprint density at radius 2 is 0.476 bits per heavy atom. The molecule has 0 aromatic heterocycles. The third-order valence-electron chi connectivity index (χ3n) is 15.6. The van der Waals surface area contributed by atoms with Crippen LogP contribution in [0.15, 0.2) is 85.1 Å². The lowest BCUT2D eigenvalue weighted by Crippen LogP contribution is -2.30. The van der Waals surface area contributed by atoms with Crippen LogP contribution in [-0.2, 0) is 28.6 Å². The molecule has 0 fully saturated rings. The molecule has 6 nitrogen and oxygen atoms in total. The summed E-state index contributed by atoms with van der Waals surface area (Å²) in [6.45, 7) is 6.44. The summed E-state index contributed by atoms with van der Waals surface area (Å²) >= 11 is 0. The summed E-state index contributed by atoms with van der Waals surface area (Å²) in [7, 11) is 0. The zero-order valence-corrected chi connectivity index (χ0v) is 54.5. The van der Waals surface area contributed by atoms with Crippen LogP contribution in [0.5, 0.6) is 0 Å². The molecule has 0 saturated carbocycles. The Bertz CT molecular complexity index is 1550. The smallest absolute Gasteiger partial charge is 0.306 e. The van der Waals surface area contributed by atoms with Gasteiger partial charge in [-0.15, -0.1) is 0 Å². The van der Waals surface area contributed by atoms with Crippen molar-refractivity contribution in [2.45, 2.75) is 367 Å². The molecule has 6 heteroatoms. The van der Waals surface area contributed by atoms with E-state index < -0.39 is 6.10 Å². The molecule has 0 N–H and O–H groups in total. The van der Waals surface area contributed by atoms with E-state index in [-0.39, 0.29) is 31.1 Å². The van der Waals surface area contributed by atoms with E-state index in [0.717, 1.165) is 135 Å². The summed E-state index contributed by atoms with van der Waals surface area (Å²) in [4.78, 5) is 38.4. The molecule has 0 aliphatic heterocycles. The van der Waals surface area contributed by atoms with Gasteiger partial charge in [-0.2, -0.15) is 0 Å². The maximum absolute atomic E-state index is 12.9. The average Bonchev–Trinajstić information content (AvgIpc) is 3.47. The topological polar surface area (TPSA) is 78.9 Å². The van der Waals surface area contributed by atoms with Gasteiger partial charge >= 0.3 is 17.9 Å². The van der Waals surface area contributed by atoms with Gasteiger partial charge < -0.3 is 14.2 Å². The van der Waals surface area contributed by atoms with Gasteiger partial charge in [-0.1, -0.05) is 337 Å². The van der Waals surface area contributed by atoms with Crippen molar-refractivity contribution >= 4 is 17.9 Å². The highest BCUT2D eigenvalue weighted by atomic mass is 16.6. The Morgan fingerprint density at radius 1 is 0.256 bits per heavy atom. The van der Waals surface area contributed by atoms with Gasteiger partial charge in [0.15, 0.2) is 6.10 Å². The van der Waals surface area contributed by atoms with Crippen molar-refractivity contribution in [3.8, 4) is 0 Å². The third kappa shape index (κ3) is 67.4. The van der Waals surface area contributed by atoms with Crippen molar-refractivity contribution in [3.05, 3.63) is 85.1 Å². The van der Waals surface area contributed by atoms with Crippen molar-refractivity contribution in [1.82, 2.24) is 0 Å². The maximum atomic E-state index is 12.9. The number of ether oxygens (including phenoxy) is 3. The van der Waals surface area contributed by atoms with Crippen molar-refractivity contribution in [2.24, 2.45) is 0 Å². The summed E-state index contributed by atoms with van der Waals surface area (Å²) in [5, 5.41) is 0. The summed E-state index contributed by atoms with van der Waals surface area (Å²) in [5.74, 6) is -0.900. The van der Waals surface area contributed by atoms with Crippen molar-refractivity contribution in [1.29, 1.82) is 0 Å². The van der Waals surface area contributed by atoms with E-state index in [1.54, 1.807) is 0 Å². The van der Waals surface area contributed by atoms with Gasteiger partial charge in [0, 0.05) is 19.3 Å². The predicted molar refractivity (Wildman–Crippen MR) is 358 cm³/mol. The first-order chi connectivity index (χ1) is 40.5. The van der Waals surface area contributed by atoms with Crippen LogP contribution in [0.4, 0.5) is 0 Å². The van der Waals surface area contributed by atoms with Crippen molar-refractivity contribution < 1.29 is 28.6 Å². The number of hydrogen-bond acceptors (Lipinski definition) is 6. The second-order valence-electron chi connectivity index (χ2n) is 23.7. The highest BCUT2D eigenvalue weighted by molar-refractivity contribution is 5.71. The molecule has 82 heavy (non-hydrogen) atoms. The second kappa shape index (κ2) is 70.1. The predicted octanol–water partition coefficient (Wildman–Crippen LogP) is 24.6. The van der Waals surface area contributed by atoms with E-state index >= 15 is 0 Å². The van der Waals surface area contributed by atoms with E-state index in [0.29, 0.717) is 19.3 Å². The zero-order chi connectivity index (χ0) is 59.2. The highest BCUT2D eigenvalue weighted by Gasteiger charge is 2.19. The molecule has 0 bridgehead atoms. The fourth-order valence-corrected chi connectivity index (χ4v) is 10.4. The highest BCUT2D eigenvalue weighted by Crippen LogP contribution is 2.18. The van der Waals surface area contributed by atoms with Crippen LogP contribution in [0.3, 0.4) is 0 Å². The monoisotopic (exact) mass is 1140 g/mol. The molecule has 0 rings (SSSR count). The summed E-state index contributed by atoms with van der Waals surface area (Å²) < 4.78 is 17.0. The summed E-state index contributed by atoms with van der Waals surface area (Å²) in [6.07, 6.45) is 93.4. The van der Waals surface area contributed by atoms with E-state index in [4.69, 9.17) is 14.2 Å². The fraction of sp³-hybridized carbons (Fsp3) is 0.776. The van der Waals surface area contributed by atoms with Crippen molar-refractivity contribution in [2.75, 3.05) is 13.2 Å². The lowest BCUT2D eigenvalue weighted by atomic mass is 10.0. The Balaban J connectivity index is 4.24. The Morgan fingerprint density at radius 3 is 0.744 bits per heavy atom. The molecule has 0 aromatic rings. The van der Waals surface area contributed by atoms with Gasteiger partial charge in [-0.25, -0.2) is 0 Å². The van der Waals surface area contributed by atoms with E-state index in [1.807, 2.05) is 0 Å². The summed E-state index contributed by atoms with van der Waals surface area (Å²) in [5.41, 5.74) is 0. The number of unbranched alkanes of at least 4 members (excludes halogenated alkanes) is 40. The maximum Gasteiger partial charge on any atom is 0.306 e. The van der Waals surface area contributed by atoms with Crippen LogP contribution < -0.4 is 0 Å². The molecule has 0 radical (unpaired) electrons. The molecule has 0 saturated heterocycles. The number of carbonyl (C=O) groups excluding carboxylic acids is 3. The quantitative estimate of drug-likeness (QED) is 0.0261. The lowest BCUT2D eigenvalue weighted by molar-refractivity contribution is -0.167. The number of rotatable bonds is 65. The third-order valence-corrected chi connectivity index (χ3v) is 15.6. The molecule has 474 valence electrons. The molecule has 0 aliphatic rings. The van der Waals surface area contributed by atoms with Gasteiger partial charge in [0.05, 0.1) is 0 Å². The minimum atomic E-state index is -0.793. The van der Waals surface area contributed by atoms with Gasteiger partial charge in [-0.3, -0.25) is 14.4 Å². The second-order valence-corrected chi connectivity index (χ2v) is 23.7. The molecule has 0 aromatic carbocycles. The largest absolute Gasteiger partial charge is 0.462 e.